The fraction of sp³-hybridized carbons (Fsp3) is 1.00. The molecule has 1 saturated carbocycles. The van der Waals surface area contributed by atoms with Gasteiger partial charge in [0.25, 0.3) is 0 Å². The lowest BCUT2D eigenvalue weighted by atomic mass is 9.66. The quantitative estimate of drug-likeness (QED) is 0.435. The summed E-state index contributed by atoms with van der Waals surface area (Å²) in [4.78, 5) is 0. The van der Waals surface area contributed by atoms with Crippen molar-refractivity contribution in [3.63, 3.8) is 0 Å². The Morgan fingerprint density at radius 3 is 1.90 bits per heavy atom. The lowest BCUT2D eigenvalue weighted by molar-refractivity contribution is 0.122. The molecule has 0 saturated heterocycles. The predicted octanol–water partition coefficient (Wildman–Crippen LogP) is 6.45. The van der Waals surface area contributed by atoms with Crippen molar-refractivity contribution in [1.82, 2.24) is 0 Å². The summed E-state index contributed by atoms with van der Waals surface area (Å²) in [7, 11) is 0. The van der Waals surface area contributed by atoms with Crippen molar-refractivity contribution in [2.45, 2.75) is 117 Å². The first-order valence-corrected chi connectivity index (χ1v) is 9.93. The maximum Gasteiger partial charge on any atom is 0.00671 e. The minimum Gasteiger partial charge on any atom is -0.327 e. The van der Waals surface area contributed by atoms with Crippen LogP contribution in [0.4, 0.5) is 0 Å². The molecule has 1 fully saturated rings. The molecule has 2 N–H and O–H groups in total. The molecule has 1 heteroatoms. The molecule has 0 heterocycles. The molecule has 1 aliphatic rings. The summed E-state index contributed by atoms with van der Waals surface area (Å²) < 4.78 is 0. The molecule has 0 aliphatic heterocycles. The second kappa shape index (κ2) is 10.6. The average molecular weight is 296 g/mol. The topological polar surface area (TPSA) is 26.0 Å². The predicted molar refractivity (Wildman–Crippen MR) is 95.6 cm³/mol. The van der Waals surface area contributed by atoms with E-state index in [0.717, 1.165) is 5.92 Å². The molecule has 126 valence electrons. The highest BCUT2D eigenvalue weighted by Crippen LogP contribution is 2.44. The highest BCUT2D eigenvalue weighted by molar-refractivity contribution is 4.87. The van der Waals surface area contributed by atoms with E-state index in [1.807, 2.05) is 0 Å². The van der Waals surface area contributed by atoms with Crippen LogP contribution in [0, 0.1) is 11.3 Å². The molecule has 0 aromatic rings. The first-order valence-electron chi connectivity index (χ1n) is 9.93. The van der Waals surface area contributed by atoms with E-state index in [1.54, 1.807) is 0 Å². The van der Waals surface area contributed by atoms with Gasteiger partial charge in [-0.2, -0.15) is 0 Å². The molecule has 21 heavy (non-hydrogen) atoms. The van der Waals surface area contributed by atoms with Gasteiger partial charge in [0, 0.05) is 6.04 Å². The highest BCUT2D eigenvalue weighted by atomic mass is 14.7. The van der Waals surface area contributed by atoms with E-state index in [1.165, 1.54) is 89.9 Å². The van der Waals surface area contributed by atoms with E-state index in [4.69, 9.17) is 5.73 Å². The second-order valence-corrected chi connectivity index (χ2v) is 7.62. The Morgan fingerprint density at radius 1 is 0.857 bits per heavy atom. The van der Waals surface area contributed by atoms with Crippen molar-refractivity contribution in [3.8, 4) is 0 Å². The fourth-order valence-corrected chi connectivity index (χ4v) is 4.21. The summed E-state index contributed by atoms with van der Waals surface area (Å²) in [5.74, 6) is 0.816. The molecule has 1 rings (SSSR count). The zero-order chi connectivity index (χ0) is 15.6. The normalized spacial score (nSPS) is 20.6. The summed E-state index contributed by atoms with van der Waals surface area (Å²) in [6.07, 6.45) is 19.4. The SMILES string of the molecule is CCCCCCCCCC(N)C1CCC(CC)(CC)CC1. The summed E-state index contributed by atoms with van der Waals surface area (Å²) in [6.45, 7) is 7.04. The number of rotatable bonds is 11. The molecular weight excluding hydrogens is 254 g/mol. The Kier molecular flexibility index (Phi) is 9.64. The van der Waals surface area contributed by atoms with Gasteiger partial charge in [-0.05, 0) is 43.4 Å². The van der Waals surface area contributed by atoms with Crippen LogP contribution >= 0.6 is 0 Å². The molecule has 0 aromatic heterocycles. The van der Waals surface area contributed by atoms with E-state index in [-0.39, 0.29) is 0 Å². The van der Waals surface area contributed by atoms with E-state index >= 15 is 0 Å². The van der Waals surface area contributed by atoms with Crippen LogP contribution in [0.2, 0.25) is 0 Å². The van der Waals surface area contributed by atoms with Gasteiger partial charge in [0.05, 0.1) is 0 Å². The summed E-state index contributed by atoms with van der Waals surface area (Å²) in [5.41, 5.74) is 7.14. The number of nitrogens with two attached hydrogens (primary N) is 1. The monoisotopic (exact) mass is 295 g/mol. The number of unbranched alkanes of at least 4 members (excludes halogenated alkanes) is 6. The van der Waals surface area contributed by atoms with Gasteiger partial charge in [-0.1, -0.05) is 78.6 Å². The van der Waals surface area contributed by atoms with Crippen LogP contribution in [-0.2, 0) is 0 Å². The van der Waals surface area contributed by atoms with Gasteiger partial charge < -0.3 is 5.73 Å². The molecular formula is C20H41N. The van der Waals surface area contributed by atoms with E-state index in [2.05, 4.69) is 20.8 Å². The van der Waals surface area contributed by atoms with Gasteiger partial charge in [0.15, 0.2) is 0 Å². The Bertz CT molecular complexity index is 234. The third-order valence-electron chi connectivity index (χ3n) is 6.34. The molecule has 1 nitrogen and oxygen atoms in total. The van der Waals surface area contributed by atoms with Gasteiger partial charge >= 0.3 is 0 Å². The molecule has 0 spiro atoms. The van der Waals surface area contributed by atoms with E-state index < -0.39 is 0 Å². The number of hydrogen-bond acceptors (Lipinski definition) is 1. The van der Waals surface area contributed by atoms with Crippen molar-refractivity contribution < 1.29 is 0 Å². The summed E-state index contributed by atoms with van der Waals surface area (Å²) >= 11 is 0. The molecule has 0 radical (unpaired) electrons. The van der Waals surface area contributed by atoms with Gasteiger partial charge in [-0.15, -0.1) is 0 Å². The highest BCUT2D eigenvalue weighted by Gasteiger charge is 2.33. The molecule has 0 amide bonds. The third-order valence-corrected chi connectivity index (χ3v) is 6.34. The molecule has 0 aromatic carbocycles. The first kappa shape index (κ1) is 19.0. The van der Waals surface area contributed by atoms with Crippen LogP contribution in [0.3, 0.4) is 0 Å². The van der Waals surface area contributed by atoms with Crippen LogP contribution < -0.4 is 5.73 Å². The fourth-order valence-electron chi connectivity index (χ4n) is 4.21. The Labute approximate surface area is 134 Å². The summed E-state index contributed by atoms with van der Waals surface area (Å²) in [6, 6.07) is 0.479. The minimum absolute atomic E-state index is 0.479. The third kappa shape index (κ3) is 6.72. The van der Waals surface area contributed by atoms with Gasteiger partial charge in [-0.25, -0.2) is 0 Å². The molecule has 1 aliphatic carbocycles. The zero-order valence-corrected chi connectivity index (χ0v) is 15.1. The lowest BCUT2D eigenvalue weighted by Gasteiger charge is -2.41. The standard InChI is InChI=1S/C20H41N/c1-4-7-8-9-10-11-12-13-19(21)18-14-16-20(5-2,6-3)17-15-18/h18-19H,4-17,21H2,1-3H3. The van der Waals surface area contributed by atoms with Crippen LogP contribution in [-0.4, -0.2) is 6.04 Å². The minimum atomic E-state index is 0.479. The molecule has 1 atom stereocenters. The molecule has 0 bridgehead atoms. The number of hydrogen-bond donors (Lipinski definition) is 1. The molecule has 1 unspecified atom stereocenters. The second-order valence-electron chi connectivity index (χ2n) is 7.62. The van der Waals surface area contributed by atoms with Crippen molar-refractivity contribution in [2.24, 2.45) is 17.1 Å². The van der Waals surface area contributed by atoms with E-state index in [9.17, 15) is 0 Å². The van der Waals surface area contributed by atoms with Crippen LogP contribution in [0.25, 0.3) is 0 Å². The van der Waals surface area contributed by atoms with Crippen LogP contribution in [0.1, 0.15) is 111 Å². The Hall–Kier alpha value is -0.0400. The van der Waals surface area contributed by atoms with Crippen molar-refractivity contribution in [3.05, 3.63) is 0 Å². The summed E-state index contributed by atoms with van der Waals surface area (Å²) in [5, 5.41) is 0. The van der Waals surface area contributed by atoms with Gasteiger partial charge in [-0.3, -0.25) is 0 Å². The Morgan fingerprint density at radius 2 is 1.38 bits per heavy atom. The largest absolute Gasteiger partial charge is 0.327 e. The average Bonchev–Trinajstić information content (AvgIpc) is 2.54. The smallest absolute Gasteiger partial charge is 0.00671 e. The van der Waals surface area contributed by atoms with Crippen molar-refractivity contribution in [1.29, 1.82) is 0 Å². The van der Waals surface area contributed by atoms with E-state index in [0.29, 0.717) is 11.5 Å². The van der Waals surface area contributed by atoms with Crippen LogP contribution in [0.5, 0.6) is 0 Å². The first-order chi connectivity index (χ1) is 10.2. The maximum absolute atomic E-state index is 6.48. The maximum atomic E-state index is 6.48. The van der Waals surface area contributed by atoms with Crippen molar-refractivity contribution >= 4 is 0 Å². The van der Waals surface area contributed by atoms with Gasteiger partial charge in [0.1, 0.15) is 0 Å². The Balaban J connectivity index is 2.09. The van der Waals surface area contributed by atoms with Crippen molar-refractivity contribution in [2.75, 3.05) is 0 Å². The zero-order valence-electron chi connectivity index (χ0n) is 15.1. The lowest BCUT2D eigenvalue weighted by Crippen LogP contribution is -2.36. The van der Waals surface area contributed by atoms with Gasteiger partial charge in [0.2, 0.25) is 0 Å². The van der Waals surface area contributed by atoms with Crippen LogP contribution in [0.15, 0.2) is 0 Å².